The molecule has 0 radical (unpaired) electrons. The molecule has 0 bridgehead atoms. The van der Waals surface area contributed by atoms with Crippen molar-refractivity contribution in [2.24, 2.45) is 5.92 Å². The lowest BCUT2D eigenvalue weighted by Crippen LogP contribution is -2.20. The van der Waals surface area contributed by atoms with Crippen LogP contribution < -0.4 is 5.32 Å². The maximum Gasteiger partial charge on any atom is 0.243 e. The van der Waals surface area contributed by atoms with Gasteiger partial charge in [0.05, 0.1) is 0 Å². The van der Waals surface area contributed by atoms with Crippen molar-refractivity contribution in [2.75, 3.05) is 6.54 Å². The Morgan fingerprint density at radius 3 is 3.10 bits per heavy atom. The number of carbonyl (C=O) groups is 1. The van der Waals surface area contributed by atoms with E-state index in [9.17, 15) is 4.79 Å². The molecule has 1 unspecified atom stereocenters. The molecule has 1 aliphatic rings. The van der Waals surface area contributed by atoms with Gasteiger partial charge < -0.3 is 5.32 Å². The quantitative estimate of drug-likeness (QED) is 0.534. The molecule has 0 aromatic heterocycles. The largest absolute Gasteiger partial charge is 0.353 e. The average molecular weight is 139 g/mol. The summed E-state index contributed by atoms with van der Waals surface area (Å²) in [6.45, 7) is 4.97. The fourth-order valence-electron chi connectivity index (χ4n) is 1.04. The van der Waals surface area contributed by atoms with Gasteiger partial charge in [-0.3, -0.25) is 4.79 Å². The van der Waals surface area contributed by atoms with Crippen LogP contribution in [-0.2, 0) is 4.79 Å². The summed E-state index contributed by atoms with van der Waals surface area (Å²) in [7, 11) is 0. The summed E-state index contributed by atoms with van der Waals surface area (Å²) >= 11 is 0. The normalized spacial score (nSPS) is 26.8. The van der Waals surface area contributed by atoms with Gasteiger partial charge in [0.15, 0.2) is 0 Å². The van der Waals surface area contributed by atoms with E-state index in [0.717, 1.165) is 13.0 Å². The zero-order valence-corrected chi connectivity index (χ0v) is 6.48. The summed E-state index contributed by atoms with van der Waals surface area (Å²) in [5, 5.41) is 2.79. The number of allylic oxidation sites excluding steroid dienone is 1. The zero-order chi connectivity index (χ0) is 7.56. The topological polar surface area (TPSA) is 29.1 Å². The Hall–Kier alpha value is -0.790. The molecule has 1 atom stereocenters. The minimum absolute atomic E-state index is 0.0573. The van der Waals surface area contributed by atoms with Crippen molar-refractivity contribution in [2.45, 2.75) is 20.3 Å². The fraction of sp³-hybridized carbons (Fsp3) is 0.625. The molecule has 0 saturated heterocycles. The van der Waals surface area contributed by atoms with Crippen LogP contribution in [0.5, 0.6) is 0 Å². The van der Waals surface area contributed by atoms with E-state index in [2.05, 4.69) is 12.2 Å². The Labute approximate surface area is 61.3 Å². The van der Waals surface area contributed by atoms with Gasteiger partial charge in [-0.1, -0.05) is 12.5 Å². The molecule has 0 aliphatic carbocycles. The Morgan fingerprint density at radius 2 is 2.40 bits per heavy atom. The maximum absolute atomic E-state index is 10.9. The van der Waals surface area contributed by atoms with Crippen LogP contribution in [0.1, 0.15) is 20.3 Å². The Kier molecular flexibility index (Phi) is 2.10. The molecule has 1 N–H and O–H groups in total. The van der Waals surface area contributed by atoms with Crippen LogP contribution in [0, 0.1) is 5.92 Å². The third-order valence-corrected chi connectivity index (χ3v) is 2.01. The van der Waals surface area contributed by atoms with E-state index < -0.39 is 0 Å². The van der Waals surface area contributed by atoms with E-state index in [1.165, 1.54) is 5.57 Å². The third kappa shape index (κ3) is 1.59. The molecular weight excluding hydrogens is 126 g/mol. The van der Waals surface area contributed by atoms with Gasteiger partial charge in [-0.05, 0) is 19.3 Å². The van der Waals surface area contributed by atoms with Crippen molar-refractivity contribution < 1.29 is 4.79 Å². The molecule has 2 heteroatoms. The third-order valence-electron chi connectivity index (χ3n) is 2.01. The number of carbonyl (C=O) groups excluding carboxylic acids is 1. The predicted octanol–water partition coefficient (Wildman–Crippen LogP) is 1.09. The molecule has 2 nitrogen and oxygen atoms in total. The highest BCUT2D eigenvalue weighted by molar-refractivity contribution is 5.88. The maximum atomic E-state index is 10.9. The molecule has 0 aromatic carbocycles. The van der Waals surface area contributed by atoms with E-state index in [4.69, 9.17) is 0 Å². The van der Waals surface area contributed by atoms with Crippen LogP contribution in [0.4, 0.5) is 0 Å². The first-order valence-corrected chi connectivity index (χ1v) is 3.66. The number of rotatable bonds is 0. The Morgan fingerprint density at radius 1 is 1.70 bits per heavy atom. The first-order valence-electron chi connectivity index (χ1n) is 3.66. The summed E-state index contributed by atoms with van der Waals surface area (Å²) < 4.78 is 0. The van der Waals surface area contributed by atoms with E-state index in [-0.39, 0.29) is 5.91 Å². The number of amides is 1. The monoisotopic (exact) mass is 139 g/mol. The van der Waals surface area contributed by atoms with E-state index >= 15 is 0 Å². The highest BCUT2D eigenvalue weighted by Crippen LogP contribution is 2.14. The minimum Gasteiger partial charge on any atom is -0.353 e. The van der Waals surface area contributed by atoms with Gasteiger partial charge in [0.2, 0.25) is 5.91 Å². The molecule has 1 rings (SSSR count). The minimum atomic E-state index is 0.0573. The molecule has 0 aromatic rings. The molecule has 0 saturated carbocycles. The summed E-state index contributed by atoms with van der Waals surface area (Å²) in [6, 6.07) is 0. The van der Waals surface area contributed by atoms with Crippen LogP contribution in [-0.4, -0.2) is 12.5 Å². The lowest BCUT2D eigenvalue weighted by atomic mass is 10.0. The number of hydrogen-bond acceptors (Lipinski definition) is 1. The molecule has 10 heavy (non-hydrogen) atoms. The van der Waals surface area contributed by atoms with Gasteiger partial charge in [0.25, 0.3) is 0 Å². The van der Waals surface area contributed by atoms with Crippen LogP contribution in [0.2, 0.25) is 0 Å². The standard InChI is InChI=1S/C8H13NO/c1-6-3-4-9-8(10)5-7(6)2/h5-6H,3-4H2,1-2H3,(H,9,10). The van der Waals surface area contributed by atoms with Gasteiger partial charge in [0, 0.05) is 12.6 Å². The lowest BCUT2D eigenvalue weighted by Gasteiger charge is -2.06. The average Bonchev–Trinajstić information content (AvgIpc) is 1.96. The van der Waals surface area contributed by atoms with Crippen molar-refractivity contribution in [1.82, 2.24) is 5.32 Å². The van der Waals surface area contributed by atoms with E-state index in [1.807, 2.05) is 6.92 Å². The van der Waals surface area contributed by atoms with Gasteiger partial charge in [-0.2, -0.15) is 0 Å². The summed E-state index contributed by atoms with van der Waals surface area (Å²) in [5.41, 5.74) is 1.19. The lowest BCUT2D eigenvalue weighted by molar-refractivity contribution is -0.116. The first-order chi connectivity index (χ1) is 4.70. The van der Waals surface area contributed by atoms with Crippen molar-refractivity contribution in [3.63, 3.8) is 0 Å². The van der Waals surface area contributed by atoms with Crippen molar-refractivity contribution in [1.29, 1.82) is 0 Å². The van der Waals surface area contributed by atoms with Crippen LogP contribution in [0.3, 0.4) is 0 Å². The van der Waals surface area contributed by atoms with E-state index in [1.54, 1.807) is 6.08 Å². The van der Waals surface area contributed by atoms with E-state index in [0.29, 0.717) is 5.92 Å². The number of hydrogen-bond donors (Lipinski definition) is 1. The van der Waals surface area contributed by atoms with Crippen LogP contribution in [0.25, 0.3) is 0 Å². The SMILES string of the molecule is CC1=CC(=O)NCCC1C. The number of nitrogens with one attached hydrogen (secondary N) is 1. The Balaban J connectivity index is 2.70. The molecule has 1 aliphatic heterocycles. The van der Waals surface area contributed by atoms with Crippen molar-refractivity contribution in [3.05, 3.63) is 11.6 Å². The predicted molar refractivity (Wildman–Crippen MR) is 40.5 cm³/mol. The zero-order valence-electron chi connectivity index (χ0n) is 6.48. The van der Waals surface area contributed by atoms with Gasteiger partial charge in [0.1, 0.15) is 0 Å². The molecule has 0 spiro atoms. The molecule has 1 heterocycles. The summed E-state index contributed by atoms with van der Waals surface area (Å²) in [6.07, 6.45) is 2.76. The first kappa shape index (κ1) is 7.32. The second-order valence-corrected chi connectivity index (χ2v) is 2.87. The second-order valence-electron chi connectivity index (χ2n) is 2.87. The summed E-state index contributed by atoms with van der Waals surface area (Å²) in [5.74, 6) is 0.612. The van der Waals surface area contributed by atoms with Gasteiger partial charge in [-0.25, -0.2) is 0 Å². The highest BCUT2D eigenvalue weighted by Gasteiger charge is 2.10. The Bertz CT molecular complexity index is 172. The highest BCUT2D eigenvalue weighted by atomic mass is 16.1. The molecule has 1 amide bonds. The van der Waals surface area contributed by atoms with Crippen LogP contribution in [0.15, 0.2) is 11.6 Å². The molecular formula is C8H13NO. The van der Waals surface area contributed by atoms with Gasteiger partial charge in [-0.15, -0.1) is 0 Å². The molecule has 0 fully saturated rings. The molecule has 56 valence electrons. The van der Waals surface area contributed by atoms with Crippen LogP contribution >= 0.6 is 0 Å². The fourth-order valence-corrected chi connectivity index (χ4v) is 1.04. The van der Waals surface area contributed by atoms with Crippen molar-refractivity contribution >= 4 is 5.91 Å². The van der Waals surface area contributed by atoms with Gasteiger partial charge >= 0.3 is 0 Å². The van der Waals surface area contributed by atoms with Crippen molar-refractivity contribution in [3.8, 4) is 0 Å². The second kappa shape index (κ2) is 2.86. The summed E-state index contributed by atoms with van der Waals surface area (Å²) in [4.78, 5) is 10.9. The smallest absolute Gasteiger partial charge is 0.243 e.